The Kier molecular flexibility index (Phi) is 6.32. The van der Waals surface area contributed by atoms with E-state index in [-0.39, 0.29) is 24.1 Å². The molecule has 2 atom stereocenters. The third-order valence-electron chi connectivity index (χ3n) is 3.09. The van der Waals surface area contributed by atoms with Crippen molar-refractivity contribution in [3.05, 3.63) is 0 Å². The summed E-state index contributed by atoms with van der Waals surface area (Å²) in [6.07, 6.45) is 4.80. The van der Waals surface area contributed by atoms with Gasteiger partial charge in [-0.15, -0.1) is 0 Å². The fourth-order valence-corrected chi connectivity index (χ4v) is 1.93. The van der Waals surface area contributed by atoms with E-state index in [1.54, 1.807) is 0 Å². The maximum atomic E-state index is 11.8. The van der Waals surface area contributed by atoms with Gasteiger partial charge in [0, 0.05) is 12.5 Å². The Bertz CT molecular complexity index is 355. The number of amides is 1. The molecule has 1 amide bonds. The van der Waals surface area contributed by atoms with Crippen molar-refractivity contribution in [1.29, 1.82) is 0 Å². The van der Waals surface area contributed by atoms with Gasteiger partial charge in [-0.1, -0.05) is 37.8 Å². The van der Waals surface area contributed by atoms with Gasteiger partial charge in [-0.3, -0.25) is 4.79 Å². The van der Waals surface area contributed by atoms with Crippen molar-refractivity contribution in [2.24, 2.45) is 5.16 Å². The SMILES string of the molecule is CCCCCCC(C)NC(=O)C1CC(C(=O)O)=NO1. The number of carboxylic acids is 1. The predicted octanol–water partition coefficient (Wildman–Crippen LogP) is 1.69. The van der Waals surface area contributed by atoms with E-state index in [4.69, 9.17) is 9.94 Å². The van der Waals surface area contributed by atoms with Gasteiger partial charge in [-0.05, 0) is 13.3 Å². The average molecular weight is 270 g/mol. The summed E-state index contributed by atoms with van der Waals surface area (Å²) in [5.41, 5.74) is -0.101. The molecule has 0 saturated carbocycles. The fourth-order valence-electron chi connectivity index (χ4n) is 1.93. The zero-order chi connectivity index (χ0) is 14.3. The Labute approximate surface area is 113 Å². The number of carbonyl (C=O) groups excluding carboxylic acids is 1. The first-order valence-corrected chi connectivity index (χ1v) is 6.81. The van der Waals surface area contributed by atoms with E-state index in [0.29, 0.717) is 0 Å². The third kappa shape index (κ3) is 5.28. The maximum Gasteiger partial charge on any atom is 0.353 e. The largest absolute Gasteiger partial charge is 0.477 e. The van der Waals surface area contributed by atoms with Gasteiger partial charge in [0.1, 0.15) is 0 Å². The van der Waals surface area contributed by atoms with Crippen LogP contribution in [-0.4, -0.2) is 34.8 Å². The molecule has 1 aliphatic rings. The summed E-state index contributed by atoms with van der Waals surface area (Å²) < 4.78 is 0. The minimum atomic E-state index is -1.14. The van der Waals surface area contributed by atoms with E-state index < -0.39 is 12.1 Å². The lowest BCUT2D eigenvalue weighted by Gasteiger charge is -2.15. The van der Waals surface area contributed by atoms with Crippen LogP contribution in [0.5, 0.6) is 0 Å². The van der Waals surface area contributed by atoms with Gasteiger partial charge in [0.05, 0.1) is 0 Å². The van der Waals surface area contributed by atoms with Crippen molar-refractivity contribution in [1.82, 2.24) is 5.32 Å². The Morgan fingerprint density at radius 1 is 1.47 bits per heavy atom. The molecule has 0 radical (unpaired) electrons. The van der Waals surface area contributed by atoms with Gasteiger partial charge < -0.3 is 15.3 Å². The van der Waals surface area contributed by atoms with Crippen molar-refractivity contribution in [2.45, 2.75) is 64.5 Å². The molecule has 0 saturated heterocycles. The third-order valence-corrected chi connectivity index (χ3v) is 3.09. The maximum absolute atomic E-state index is 11.8. The second kappa shape index (κ2) is 7.76. The molecule has 0 aliphatic carbocycles. The van der Waals surface area contributed by atoms with Gasteiger partial charge in [0.15, 0.2) is 5.71 Å². The van der Waals surface area contributed by atoms with Crippen LogP contribution in [-0.2, 0) is 14.4 Å². The molecule has 0 aromatic rings. The smallest absolute Gasteiger partial charge is 0.353 e. The molecule has 0 spiro atoms. The number of oxime groups is 1. The van der Waals surface area contributed by atoms with Crippen LogP contribution >= 0.6 is 0 Å². The molecule has 1 heterocycles. The number of rotatable bonds is 8. The molecule has 19 heavy (non-hydrogen) atoms. The zero-order valence-corrected chi connectivity index (χ0v) is 11.5. The van der Waals surface area contributed by atoms with E-state index in [0.717, 1.165) is 12.8 Å². The standard InChI is InChI=1S/C13H22N2O4/c1-3-4-5-6-7-9(2)14-12(16)11-8-10(13(17)18)15-19-11/h9,11H,3-8H2,1-2H3,(H,14,16)(H,17,18). The Hall–Kier alpha value is -1.59. The van der Waals surface area contributed by atoms with Crippen LogP contribution in [0, 0.1) is 0 Å². The Balaban J connectivity index is 2.23. The molecule has 2 N–H and O–H groups in total. The minimum Gasteiger partial charge on any atom is -0.477 e. The van der Waals surface area contributed by atoms with Crippen molar-refractivity contribution in [3.63, 3.8) is 0 Å². The Morgan fingerprint density at radius 2 is 2.21 bits per heavy atom. The molecule has 0 aromatic carbocycles. The first-order chi connectivity index (χ1) is 9.04. The summed E-state index contributed by atoms with van der Waals surface area (Å²) in [5.74, 6) is -1.43. The number of unbranched alkanes of at least 4 members (excludes halogenated alkanes) is 3. The molecule has 6 nitrogen and oxygen atoms in total. The first kappa shape index (κ1) is 15.5. The van der Waals surface area contributed by atoms with Crippen LogP contribution < -0.4 is 5.32 Å². The van der Waals surface area contributed by atoms with Crippen LogP contribution in [0.1, 0.15) is 52.4 Å². The van der Waals surface area contributed by atoms with E-state index in [1.807, 2.05) is 6.92 Å². The van der Waals surface area contributed by atoms with Crippen LogP contribution in [0.2, 0.25) is 0 Å². The van der Waals surface area contributed by atoms with Crippen LogP contribution in [0.25, 0.3) is 0 Å². The molecule has 0 fully saturated rings. The topological polar surface area (TPSA) is 88.0 Å². The average Bonchev–Trinajstić information content (AvgIpc) is 2.84. The number of hydrogen-bond acceptors (Lipinski definition) is 4. The lowest BCUT2D eigenvalue weighted by atomic mass is 10.1. The Morgan fingerprint density at radius 3 is 2.79 bits per heavy atom. The van der Waals surface area contributed by atoms with Crippen molar-refractivity contribution in [3.8, 4) is 0 Å². The van der Waals surface area contributed by atoms with Crippen LogP contribution in [0.4, 0.5) is 0 Å². The number of nitrogens with one attached hydrogen (secondary N) is 1. The molecular formula is C13H22N2O4. The summed E-state index contributed by atoms with van der Waals surface area (Å²) >= 11 is 0. The van der Waals surface area contributed by atoms with Crippen molar-refractivity contribution in [2.75, 3.05) is 0 Å². The van der Waals surface area contributed by atoms with Gasteiger partial charge >= 0.3 is 5.97 Å². The first-order valence-electron chi connectivity index (χ1n) is 6.81. The van der Waals surface area contributed by atoms with E-state index in [2.05, 4.69) is 17.4 Å². The summed E-state index contributed by atoms with van der Waals surface area (Å²) in [4.78, 5) is 27.3. The second-order valence-corrected chi connectivity index (χ2v) is 4.90. The van der Waals surface area contributed by atoms with Crippen LogP contribution in [0.3, 0.4) is 0 Å². The molecule has 0 aromatic heterocycles. The van der Waals surface area contributed by atoms with Gasteiger partial charge in [0.25, 0.3) is 5.91 Å². The van der Waals surface area contributed by atoms with Gasteiger partial charge in [-0.25, -0.2) is 4.79 Å². The summed E-state index contributed by atoms with van der Waals surface area (Å²) in [5, 5.41) is 14.9. The minimum absolute atomic E-state index is 0.0315. The van der Waals surface area contributed by atoms with E-state index in [1.165, 1.54) is 19.3 Å². The number of carbonyl (C=O) groups is 2. The monoisotopic (exact) mass is 270 g/mol. The molecule has 0 bridgehead atoms. The highest BCUT2D eigenvalue weighted by molar-refractivity contribution is 6.36. The quantitative estimate of drug-likeness (QED) is 0.657. The zero-order valence-electron chi connectivity index (χ0n) is 11.5. The van der Waals surface area contributed by atoms with Gasteiger partial charge in [-0.2, -0.15) is 0 Å². The molecule has 1 aliphatic heterocycles. The number of hydrogen-bond donors (Lipinski definition) is 2. The molecule has 6 heteroatoms. The fraction of sp³-hybridized carbons (Fsp3) is 0.769. The number of aliphatic carboxylic acids is 1. The van der Waals surface area contributed by atoms with E-state index >= 15 is 0 Å². The highest BCUT2D eigenvalue weighted by Crippen LogP contribution is 2.12. The summed E-state index contributed by atoms with van der Waals surface area (Å²) in [7, 11) is 0. The van der Waals surface area contributed by atoms with E-state index in [9.17, 15) is 9.59 Å². The van der Waals surface area contributed by atoms with Gasteiger partial charge in [0.2, 0.25) is 6.10 Å². The molecule has 1 rings (SSSR count). The lowest BCUT2D eigenvalue weighted by molar-refractivity contribution is -0.132. The number of carboxylic acid groups (broad SMARTS) is 1. The highest BCUT2D eigenvalue weighted by atomic mass is 16.6. The lowest BCUT2D eigenvalue weighted by Crippen LogP contribution is -2.40. The molecular weight excluding hydrogens is 248 g/mol. The highest BCUT2D eigenvalue weighted by Gasteiger charge is 2.31. The summed E-state index contributed by atoms with van der Waals surface area (Å²) in [6, 6.07) is 0.0711. The van der Waals surface area contributed by atoms with Crippen molar-refractivity contribution >= 4 is 17.6 Å². The summed E-state index contributed by atoms with van der Waals surface area (Å²) in [6.45, 7) is 4.10. The van der Waals surface area contributed by atoms with Crippen LogP contribution in [0.15, 0.2) is 5.16 Å². The number of nitrogens with zero attached hydrogens (tertiary/aromatic N) is 1. The van der Waals surface area contributed by atoms with Crippen molar-refractivity contribution < 1.29 is 19.5 Å². The predicted molar refractivity (Wildman–Crippen MR) is 70.9 cm³/mol. The normalized spacial score (nSPS) is 19.5. The molecule has 108 valence electrons. The molecule has 2 unspecified atom stereocenters. The second-order valence-electron chi connectivity index (χ2n) is 4.90.